The highest BCUT2D eigenvalue weighted by Crippen LogP contribution is 2.58. The molecule has 0 bridgehead atoms. The number of anilines is 2. The Hall–Kier alpha value is -3.46. The second-order valence-corrected chi connectivity index (χ2v) is 12.3. The van der Waals surface area contributed by atoms with E-state index in [0.29, 0.717) is 58.0 Å². The molecule has 7 nitrogen and oxygen atoms in total. The molecule has 2 heterocycles. The van der Waals surface area contributed by atoms with Gasteiger partial charge in [-0.05, 0) is 58.9 Å². The van der Waals surface area contributed by atoms with Crippen molar-refractivity contribution in [3.05, 3.63) is 81.1 Å². The molecule has 4 N–H and O–H groups in total. The lowest BCUT2D eigenvalue weighted by molar-refractivity contribution is -0.122. The molecular weight excluding hydrogens is 556 g/mol. The molecule has 3 aromatic rings. The van der Waals surface area contributed by atoms with Crippen LogP contribution in [0.3, 0.4) is 0 Å². The maximum atomic E-state index is 15.6. The number of fused-ring (bicyclic) bond motifs is 2. The first kappa shape index (κ1) is 28.1. The van der Waals surface area contributed by atoms with Gasteiger partial charge < -0.3 is 21.1 Å². The number of carboxylic acids is 1. The number of halogens is 3. The highest BCUT2D eigenvalue weighted by Gasteiger charge is 2.62. The van der Waals surface area contributed by atoms with Crippen molar-refractivity contribution < 1.29 is 23.9 Å². The molecular formula is C30H28Cl2FN3O4. The summed E-state index contributed by atoms with van der Waals surface area (Å²) in [6.07, 6.45) is 1.02. The van der Waals surface area contributed by atoms with Gasteiger partial charge in [-0.2, -0.15) is 0 Å². The van der Waals surface area contributed by atoms with E-state index >= 15 is 4.39 Å². The lowest BCUT2D eigenvalue weighted by atomic mass is 9.62. The van der Waals surface area contributed by atoms with Crippen LogP contribution in [0.5, 0.6) is 0 Å². The fourth-order valence-corrected chi connectivity index (χ4v) is 6.70. The highest BCUT2D eigenvalue weighted by molar-refractivity contribution is 6.32. The van der Waals surface area contributed by atoms with Gasteiger partial charge in [-0.3, -0.25) is 9.59 Å². The summed E-state index contributed by atoms with van der Waals surface area (Å²) in [7, 11) is 0. The second-order valence-electron chi connectivity index (χ2n) is 11.4. The average molecular weight is 584 g/mol. The molecule has 5 rings (SSSR count). The van der Waals surface area contributed by atoms with Crippen molar-refractivity contribution in [1.29, 1.82) is 0 Å². The van der Waals surface area contributed by atoms with Gasteiger partial charge >= 0.3 is 5.97 Å². The third kappa shape index (κ3) is 4.54. The Morgan fingerprint density at radius 3 is 2.60 bits per heavy atom. The van der Waals surface area contributed by atoms with E-state index in [9.17, 15) is 19.5 Å². The largest absolute Gasteiger partial charge is 0.478 e. The number of hydrogen-bond acceptors (Lipinski definition) is 4. The zero-order valence-corrected chi connectivity index (χ0v) is 23.6. The standard InChI is InChI=1S/C30H28Cl2FN3O4/c1-29(2,3)12-24-30(21(13-34-24)18-5-4-6-22(32)26(18)33)25-19(9-15(31)10-23(25)36-28(30)40)17-8-7-16(35-14-37)11-20(17)27(38)39/h4-11,14,21,24,34H,12-13H2,1-3H3,(H,35,37)(H,36,40)(H,38,39)/t21-,24+,30+/m1/s1. The van der Waals surface area contributed by atoms with Crippen LogP contribution < -0.4 is 16.0 Å². The molecule has 0 unspecified atom stereocenters. The monoisotopic (exact) mass is 583 g/mol. The summed E-state index contributed by atoms with van der Waals surface area (Å²) >= 11 is 12.7. The summed E-state index contributed by atoms with van der Waals surface area (Å²) in [5, 5.41) is 19.3. The first-order chi connectivity index (χ1) is 18.9. The predicted molar refractivity (Wildman–Crippen MR) is 154 cm³/mol. The molecule has 2 aliphatic heterocycles. The van der Waals surface area contributed by atoms with Gasteiger partial charge in [-0.25, -0.2) is 9.18 Å². The lowest BCUT2D eigenvalue weighted by Gasteiger charge is -2.38. The maximum absolute atomic E-state index is 15.6. The van der Waals surface area contributed by atoms with E-state index in [1.807, 2.05) is 0 Å². The molecule has 2 aliphatic rings. The summed E-state index contributed by atoms with van der Waals surface area (Å²) < 4.78 is 15.6. The number of carboxylic acid groups (broad SMARTS) is 1. The number of hydrogen-bond donors (Lipinski definition) is 4. The van der Waals surface area contributed by atoms with Crippen LogP contribution in [0.15, 0.2) is 48.5 Å². The summed E-state index contributed by atoms with van der Waals surface area (Å²) in [6, 6.07) is 12.1. The summed E-state index contributed by atoms with van der Waals surface area (Å²) in [4.78, 5) is 37.7. The Bertz CT molecular complexity index is 1550. The molecule has 3 aromatic carbocycles. The quantitative estimate of drug-likeness (QED) is 0.249. The van der Waals surface area contributed by atoms with Crippen molar-refractivity contribution >= 4 is 52.9 Å². The maximum Gasteiger partial charge on any atom is 0.336 e. The van der Waals surface area contributed by atoms with Crippen LogP contribution in [0.1, 0.15) is 54.6 Å². The molecule has 0 radical (unpaired) electrons. The molecule has 1 saturated heterocycles. The van der Waals surface area contributed by atoms with Gasteiger partial charge in [0, 0.05) is 40.5 Å². The van der Waals surface area contributed by atoms with Crippen molar-refractivity contribution in [2.75, 3.05) is 17.2 Å². The first-order valence-corrected chi connectivity index (χ1v) is 13.5. The molecule has 0 saturated carbocycles. The second kappa shape index (κ2) is 10.2. The third-order valence-electron chi connectivity index (χ3n) is 7.75. The molecule has 0 aromatic heterocycles. The Morgan fingerprint density at radius 2 is 1.93 bits per heavy atom. The van der Waals surface area contributed by atoms with Crippen molar-refractivity contribution in [3.63, 3.8) is 0 Å². The van der Waals surface area contributed by atoms with Crippen molar-refractivity contribution in [1.82, 2.24) is 5.32 Å². The molecule has 10 heteroatoms. The van der Waals surface area contributed by atoms with Gasteiger partial charge in [0.2, 0.25) is 12.3 Å². The molecule has 0 aliphatic carbocycles. The molecule has 2 amide bonds. The fraction of sp³-hybridized carbons (Fsp3) is 0.300. The molecule has 3 atom stereocenters. The zero-order valence-electron chi connectivity index (χ0n) is 22.1. The SMILES string of the molecule is CC(C)(C)C[C@@H]1NC[C@H](c2cccc(Cl)c2F)[C@]12C(=O)Nc1cc(Cl)cc(-c3ccc(NC=O)cc3C(=O)O)c12. The van der Waals surface area contributed by atoms with Crippen molar-refractivity contribution in [2.45, 2.75) is 44.6 Å². The molecule has 208 valence electrons. The Morgan fingerprint density at radius 1 is 1.18 bits per heavy atom. The molecule has 1 spiro atoms. The normalized spacial score (nSPS) is 21.8. The van der Waals surface area contributed by atoms with E-state index in [4.69, 9.17) is 23.2 Å². The van der Waals surface area contributed by atoms with Gasteiger partial charge in [0.15, 0.2) is 0 Å². The molecule has 1 fully saturated rings. The van der Waals surface area contributed by atoms with Crippen LogP contribution in [0.25, 0.3) is 11.1 Å². The van der Waals surface area contributed by atoms with Crippen LogP contribution in [0.4, 0.5) is 15.8 Å². The van der Waals surface area contributed by atoms with Gasteiger partial charge in [0.1, 0.15) is 11.2 Å². The van der Waals surface area contributed by atoms with Crippen LogP contribution in [0.2, 0.25) is 10.0 Å². The van der Waals surface area contributed by atoms with Gasteiger partial charge in [0.25, 0.3) is 0 Å². The van der Waals surface area contributed by atoms with Crippen LogP contribution in [0, 0.1) is 11.2 Å². The van der Waals surface area contributed by atoms with E-state index in [2.05, 4.69) is 36.7 Å². The zero-order chi connectivity index (χ0) is 29.0. The number of benzene rings is 3. The number of carbonyl (C=O) groups is 3. The number of rotatable bonds is 6. The van der Waals surface area contributed by atoms with E-state index in [-0.39, 0.29) is 21.9 Å². The number of carbonyl (C=O) groups excluding carboxylic acids is 2. The topological polar surface area (TPSA) is 108 Å². The lowest BCUT2D eigenvalue weighted by Crippen LogP contribution is -2.50. The predicted octanol–water partition coefficient (Wildman–Crippen LogP) is 6.45. The Labute approximate surface area is 241 Å². The average Bonchev–Trinajstić information content (AvgIpc) is 3.37. The summed E-state index contributed by atoms with van der Waals surface area (Å²) in [6.45, 7) is 6.48. The summed E-state index contributed by atoms with van der Waals surface area (Å²) in [5.74, 6) is -2.81. The van der Waals surface area contributed by atoms with Crippen molar-refractivity contribution in [2.24, 2.45) is 5.41 Å². The van der Waals surface area contributed by atoms with E-state index in [0.717, 1.165) is 0 Å². The Balaban J connectivity index is 1.85. The third-order valence-corrected chi connectivity index (χ3v) is 8.26. The van der Waals surface area contributed by atoms with E-state index in [1.165, 1.54) is 12.1 Å². The number of amides is 2. The Kier molecular flexibility index (Phi) is 7.15. The van der Waals surface area contributed by atoms with Gasteiger partial charge in [0.05, 0.1) is 10.6 Å². The van der Waals surface area contributed by atoms with Gasteiger partial charge in [-0.15, -0.1) is 0 Å². The van der Waals surface area contributed by atoms with E-state index < -0.39 is 29.2 Å². The van der Waals surface area contributed by atoms with Crippen LogP contribution in [-0.2, 0) is 15.0 Å². The van der Waals surface area contributed by atoms with Crippen LogP contribution >= 0.6 is 23.2 Å². The van der Waals surface area contributed by atoms with Crippen LogP contribution in [-0.4, -0.2) is 36.0 Å². The minimum Gasteiger partial charge on any atom is -0.478 e. The summed E-state index contributed by atoms with van der Waals surface area (Å²) in [5.41, 5.74) is 0.707. The first-order valence-electron chi connectivity index (χ1n) is 12.8. The minimum absolute atomic E-state index is 0.0479. The van der Waals surface area contributed by atoms with Crippen molar-refractivity contribution in [3.8, 4) is 11.1 Å². The highest BCUT2D eigenvalue weighted by atomic mass is 35.5. The van der Waals surface area contributed by atoms with Gasteiger partial charge in [-0.1, -0.05) is 62.2 Å². The molecule has 40 heavy (non-hydrogen) atoms. The minimum atomic E-state index is -1.32. The number of nitrogens with one attached hydrogen (secondary N) is 3. The fourth-order valence-electron chi connectivity index (χ4n) is 6.30. The van der Waals surface area contributed by atoms with E-state index in [1.54, 1.807) is 36.4 Å². The smallest absolute Gasteiger partial charge is 0.336 e. The number of aromatic carboxylic acids is 1.